The number of halogens is 4. The van der Waals surface area contributed by atoms with E-state index in [1.807, 2.05) is 19.1 Å². The summed E-state index contributed by atoms with van der Waals surface area (Å²) < 4.78 is 58.8. The van der Waals surface area contributed by atoms with Crippen molar-refractivity contribution in [3.05, 3.63) is 76.5 Å². The van der Waals surface area contributed by atoms with Gasteiger partial charge in [0.05, 0.1) is 31.1 Å². The van der Waals surface area contributed by atoms with Crippen LogP contribution >= 0.6 is 0 Å². The molecule has 1 aromatic carbocycles. The third-order valence-corrected chi connectivity index (χ3v) is 5.19. The molecule has 4 rings (SSSR count). The van der Waals surface area contributed by atoms with Crippen molar-refractivity contribution in [2.45, 2.75) is 25.9 Å². The van der Waals surface area contributed by atoms with Crippen molar-refractivity contribution in [3.8, 4) is 17.0 Å². The van der Waals surface area contributed by atoms with Crippen molar-refractivity contribution in [2.75, 3.05) is 12.4 Å². The molecule has 9 heteroatoms. The Morgan fingerprint density at radius 2 is 1.94 bits per heavy atom. The minimum absolute atomic E-state index is 0.141. The van der Waals surface area contributed by atoms with E-state index >= 15 is 0 Å². The fourth-order valence-corrected chi connectivity index (χ4v) is 3.69. The molecule has 0 radical (unpaired) electrons. The van der Waals surface area contributed by atoms with E-state index < -0.39 is 29.3 Å². The Hall–Kier alpha value is -3.75. The zero-order valence-corrected chi connectivity index (χ0v) is 17.8. The van der Waals surface area contributed by atoms with Gasteiger partial charge in [-0.25, -0.2) is 9.37 Å². The van der Waals surface area contributed by atoms with E-state index in [0.717, 1.165) is 37.1 Å². The Labute approximate surface area is 187 Å². The van der Waals surface area contributed by atoms with Crippen LogP contribution in [-0.4, -0.2) is 23.0 Å². The maximum atomic E-state index is 14.8. The normalized spacial score (nSPS) is 12.8. The smallest absolute Gasteiger partial charge is 0.421 e. The van der Waals surface area contributed by atoms with Crippen molar-refractivity contribution in [2.24, 2.45) is 0 Å². The molecule has 2 aromatic heterocycles. The number of ether oxygens (including phenoxy) is 1. The lowest BCUT2D eigenvalue weighted by Crippen LogP contribution is -2.16. The van der Waals surface area contributed by atoms with E-state index in [4.69, 9.17) is 0 Å². The molecule has 0 fully saturated rings. The average Bonchev–Trinajstić information content (AvgIpc) is 3.12. The van der Waals surface area contributed by atoms with Crippen LogP contribution in [0.15, 0.2) is 48.3 Å². The molecule has 0 bridgehead atoms. The van der Waals surface area contributed by atoms with Crippen LogP contribution in [0.25, 0.3) is 17.2 Å². The van der Waals surface area contributed by atoms with Crippen LogP contribution in [0.5, 0.6) is 5.88 Å². The van der Waals surface area contributed by atoms with Gasteiger partial charge in [-0.15, -0.1) is 0 Å². The Balaban J connectivity index is 1.49. The number of hydrogen-bond acceptors (Lipinski definition) is 4. The van der Waals surface area contributed by atoms with Crippen LogP contribution in [-0.2, 0) is 23.8 Å². The molecule has 0 atom stereocenters. The maximum Gasteiger partial charge on any atom is 0.421 e. The van der Waals surface area contributed by atoms with E-state index in [0.29, 0.717) is 16.7 Å². The zero-order valence-electron chi connectivity index (χ0n) is 17.8. The van der Waals surface area contributed by atoms with Gasteiger partial charge < -0.3 is 10.1 Å². The molecule has 1 N–H and O–H groups in total. The Bertz CT molecular complexity index is 1270. The minimum Gasteiger partial charge on any atom is -0.481 e. The molecule has 170 valence electrons. The summed E-state index contributed by atoms with van der Waals surface area (Å²) in [5.74, 6) is -1.72. The molecule has 0 saturated carbocycles. The monoisotopic (exact) mass is 457 g/mol. The Morgan fingerprint density at radius 1 is 1.15 bits per heavy atom. The Morgan fingerprint density at radius 3 is 2.64 bits per heavy atom. The summed E-state index contributed by atoms with van der Waals surface area (Å²) in [6, 6.07) is 7.00. The van der Waals surface area contributed by atoms with Crippen molar-refractivity contribution in [1.82, 2.24) is 9.97 Å². The van der Waals surface area contributed by atoms with Crippen LogP contribution in [0, 0.1) is 5.82 Å². The van der Waals surface area contributed by atoms with E-state index in [1.165, 1.54) is 11.6 Å². The predicted octanol–water partition coefficient (Wildman–Crippen LogP) is 5.45. The lowest BCUT2D eigenvalue weighted by Gasteiger charge is -2.13. The fraction of sp³-hybridized carbons (Fsp3) is 0.208. The van der Waals surface area contributed by atoms with E-state index in [9.17, 15) is 22.4 Å². The van der Waals surface area contributed by atoms with Crippen LogP contribution < -0.4 is 10.1 Å². The number of fused-ring (bicyclic) bond motifs is 1. The molecule has 3 aromatic rings. The quantitative estimate of drug-likeness (QED) is 0.518. The number of allylic oxidation sites excluding steroid dienone is 1. The standard InChI is InChI=1S/C24H19F4N3O2/c1-13-5-15-9-16(11-29-21(15)6-13)18-4-3-14(7-20(18)25)8-22(32)31-17-10-19(24(26,27)28)23(33-2)30-12-17/h3-5,7,9-12H,6,8H2,1-2H3,(H,31,32). The summed E-state index contributed by atoms with van der Waals surface area (Å²) in [7, 11) is 1.07. The third-order valence-electron chi connectivity index (χ3n) is 5.19. The first kappa shape index (κ1) is 22.4. The topological polar surface area (TPSA) is 64.1 Å². The number of methoxy groups -OCH3 is 1. The maximum absolute atomic E-state index is 14.8. The number of carbonyl (C=O) groups is 1. The second-order valence-electron chi connectivity index (χ2n) is 7.75. The number of benzene rings is 1. The van der Waals surface area contributed by atoms with Gasteiger partial charge in [0.1, 0.15) is 11.4 Å². The molecule has 2 heterocycles. The number of nitrogens with zero attached hydrogens (tertiary/aromatic N) is 2. The minimum atomic E-state index is -4.70. The van der Waals surface area contributed by atoms with Gasteiger partial charge in [0.2, 0.25) is 11.8 Å². The lowest BCUT2D eigenvalue weighted by atomic mass is 10.0. The fourth-order valence-electron chi connectivity index (χ4n) is 3.69. The van der Waals surface area contributed by atoms with Gasteiger partial charge in [-0.3, -0.25) is 9.78 Å². The molecule has 1 amide bonds. The first-order valence-electron chi connectivity index (χ1n) is 10.00. The predicted molar refractivity (Wildman–Crippen MR) is 115 cm³/mol. The molecule has 0 saturated heterocycles. The molecule has 0 unspecified atom stereocenters. The highest BCUT2D eigenvalue weighted by atomic mass is 19.4. The second-order valence-corrected chi connectivity index (χ2v) is 7.75. The highest BCUT2D eigenvalue weighted by Gasteiger charge is 2.35. The van der Waals surface area contributed by atoms with Gasteiger partial charge in [-0.05, 0) is 36.2 Å². The first-order chi connectivity index (χ1) is 15.6. The number of alkyl halides is 3. The molecule has 5 nitrogen and oxygen atoms in total. The van der Waals surface area contributed by atoms with Crippen LogP contribution in [0.4, 0.5) is 23.2 Å². The molecular formula is C24H19F4N3O2. The second kappa shape index (κ2) is 8.65. The molecule has 1 aliphatic carbocycles. The summed E-state index contributed by atoms with van der Waals surface area (Å²) in [6.45, 7) is 2.01. The van der Waals surface area contributed by atoms with E-state index in [2.05, 4.69) is 20.0 Å². The number of rotatable bonds is 5. The number of anilines is 1. The third kappa shape index (κ3) is 4.87. The molecule has 1 aliphatic rings. The number of hydrogen-bond donors (Lipinski definition) is 1. The first-order valence-corrected chi connectivity index (χ1v) is 10.00. The highest BCUT2D eigenvalue weighted by Crippen LogP contribution is 2.36. The number of carbonyl (C=O) groups excluding carboxylic acids is 1. The number of pyridine rings is 2. The van der Waals surface area contributed by atoms with Crippen molar-refractivity contribution in [1.29, 1.82) is 0 Å². The summed E-state index contributed by atoms with van der Waals surface area (Å²) in [5.41, 5.74) is 3.19. The van der Waals surface area contributed by atoms with Gasteiger partial charge in [-0.2, -0.15) is 13.2 Å². The average molecular weight is 457 g/mol. The largest absolute Gasteiger partial charge is 0.481 e. The van der Waals surface area contributed by atoms with E-state index in [-0.39, 0.29) is 12.1 Å². The summed E-state index contributed by atoms with van der Waals surface area (Å²) in [5, 5.41) is 2.36. The lowest BCUT2D eigenvalue weighted by molar-refractivity contribution is -0.139. The van der Waals surface area contributed by atoms with Gasteiger partial charge in [-0.1, -0.05) is 23.8 Å². The number of amides is 1. The number of aromatic nitrogens is 2. The van der Waals surface area contributed by atoms with Gasteiger partial charge in [0, 0.05) is 23.7 Å². The van der Waals surface area contributed by atoms with Crippen LogP contribution in [0.2, 0.25) is 0 Å². The summed E-state index contributed by atoms with van der Waals surface area (Å²) in [4.78, 5) is 20.3. The van der Waals surface area contributed by atoms with Gasteiger partial charge in [0.15, 0.2) is 0 Å². The number of nitrogens with one attached hydrogen (secondary N) is 1. The summed E-state index contributed by atoms with van der Waals surface area (Å²) >= 11 is 0. The SMILES string of the molecule is COc1ncc(NC(=O)Cc2ccc(-c3cnc4c(c3)C=C(C)C4)c(F)c2)cc1C(F)(F)F. The molecular weight excluding hydrogens is 438 g/mol. The highest BCUT2D eigenvalue weighted by molar-refractivity contribution is 5.92. The summed E-state index contributed by atoms with van der Waals surface area (Å²) in [6.07, 6.45) is 0.548. The zero-order chi connectivity index (χ0) is 23.8. The molecule has 33 heavy (non-hydrogen) atoms. The van der Waals surface area contributed by atoms with Crippen molar-refractivity contribution >= 4 is 17.7 Å². The van der Waals surface area contributed by atoms with Gasteiger partial charge in [0.25, 0.3) is 0 Å². The van der Waals surface area contributed by atoms with E-state index in [1.54, 1.807) is 18.3 Å². The van der Waals surface area contributed by atoms with Crippen molar-refractivity contribution in [3.63, 3.8) is 0 Å². The van der Waals surface area contributed by atoms with Crippen molar-refractivity contribution < 1.29 is 27.1 Å². The van der Waals surface area contributed by atoms with Gasteiger partial charge >= 0.3 is 6.18 Å². The molecule has 0 spiro atoms. The van der Waals surface area contributed by atoms with Crippen LogP contribution in [0.3, 0.4) is 0 Å². The Kier molecular flexibility index (Phi) is 5.88. The molecule has 0 aliphatic heterocycles. The van der Waals surface area contributed by atoms with Crippen LogP contribution in [0.1, 0.15) is 29.3 Å².